The molecule has 2 heterocycles. The zero-order chi connectivity index (χ0) is 29.5. The van der Waals surface area contributed by atoms with Gasteiger partial charge < -0.3 is 5.32 Å². The molecule has 0 aliphatic carbocycles. The van der Waals surface area contributed by atoms with E-state index in [1.807, 2.05) is 63.2 Å². The van der Waals surface area contributed by atoms with Crippen LogP contribution in [-0.4, -0.2) is 26.6 Å². The first-order valence-corrected chi connectivity index (χ1v) is 12.9. The summed E-state index contributed by atoms with van der Waals surface area (Å²) in [5.41, 5.74) is 3.97. The Hall–Kier alpha value is -4.86. The zero-order valence-electron chi connectivity index (χ0n) is 22.6. The molecule has 1 aromatic heterocycles. The Kier molecular flexibility index (Phi) is 7.17. The fourth-order valence-electron chi connectivity index (χ4n) is 4.81. The average Bonchev–Trinajstić information content (AvgIpc) is 3.37. The summed E-state index contributed by atoms with van der Waals surface area (Å²) in [6.45, 7) is 5.45. The van der Waals surface area contributed by atoms with Crippen molar-refractivity contribution in [3.8, 4) is 5.69 Å². The standard InChI is InChI=1S/C31H27F3N4O3/c1-18-9-6-13-27(20(18)3)38-28(39)24(25(36-38)15-22-11-5-4-8-19(22)2)16-26-29(40)37(30(41)35-26)17-21-10-7-12-23(14-21)31(32,33)34/h4-14,16,36H,15,17H2,1-3H3,(H,35,41)/b26-16-. The van der Waals surface area contributed by atoms with Crippen LogP contribution in [0.25, 0.3) is 11.8 Å². The van der Waals surface area contributed by atoms with Gasteiger partial charge in [0.05, 0.1) is 23.4 Å². The molecule has 0 saturated carbocycles. The molecule has 7 nitrogen and oxygen atoms in total. The van der Waals surface area contributed by atoms with Crippen LogP contribution in [0.1, 0.15) is 44.6 Å². The maximum Gasteiger partial charge on any atom is 0.416 e. The summed E-state index contributed by atoms with van der Waals surface area (Å²) in [5, 5.41) is 5.68. The molecule has 1 aliphatic rings. The molecule has 1 saturated heterocycles. The number of halogens is 3. The molecule has 2 N–H and O–H groups in total. The van der Waals surface area contributed by atoms with Crippen LogP contribution in [-0.2, 0) is 23.9 Å². The van der Waals surface area contributed by atoms with Crippen molar-refractivity contribution in [1.29, 1.82) is 0 Å². The zero-order valence-corrected chi connectivity index (χ0v) is 22.6. The molecule has 1 fully saturated rings. The van der Waals surface area contributed by atoms with Gasteiger partial charge >= 0.3 is 12.2 Å². The number of hydrogen-bond donors (Lipinski definition) is 2. The van der Waals surface area contributed by atoms with Gasteiger partial charge in [-0.2, -0.15) is 13.2 Å². The number of carbonyl (C=O) groups is 2. The van der Waals surface area contributed by atoms with E-state index in [-0.39, 0.29) is 23.4 Å². The highest BCUT2D eigenvalue weighted by molar-refractivity contribution is 6.13. The molecular formula is C31H27F3N4O3. The van der Waals surface area contributed by atoms with E-state index < -0.39 is 29.2 Å². The largest absolute Gasteiger partial charge is 0.416 e. The number of urea groups is 1. The molecule has 3 amide bonds. The van der Waals surface area contributed by atoms with Gasteiger partial charge in [-0.25, -0.2) is 9.48 Å². The minimum atomic E-state index is -4.56. The molecule has 0 unspecified atom stereocenters. The highest BCUT2D eigenvalue weighted by Gasteiger charge is 2.35. The molecule has 1 aliphatic heterocycles. The summed E-state index contributed by atoms with van der Waals surface area (Å²) < 4.78 is 40.9. The number of aryl methyl sites for hydroxylation is 2. The lowest BCUT2D eigenvalue weighted by Crippen LogP contribution is -2.30. The molecule has 41 heavy (non-hydrogen) atoms. The number of aromatic amines is 1. The predicted molar refractivity (Wildman–Crippen MR) is 148 cm³/mol. The fourth-order valence-corrected chi connectivity index (χ4v) is 4.81. The number of hydrogen-bond acceptors (Lipinski definition) is 3. The second kappa shape index (κ2) is 10.6. The van der Waals surface area contributed by atoms with E-state index in [1.54, 1.807) is 0 Å². The molecule has 0 bridgehead atoms. The Morgan fingerprint density at radius 3 is 2.32 bits per heavy atom. The van der Waals surface area contributed by atoms with Gasteiger partial charge in [-0.1, -0.05) is 48.5 Å². The van der Waals surface area contributed by atoms with E-state index in [0.29, 0.717) is 17.8 Å². The second-order valence-electron chi connectivity index (χ2n) is 10.0. The second-order valence-corrected chi connectivity index (χ2v) is 10.0. The molecular weight excluding hydrogens is 533 g/mol. The maximum absolute atomic E-state index is 13.8. The summed E-state index contributed by atoms with van der Waals surface area (Å²) in [6, 6.07) is 17.0. The van der Waals surface area contributed by atoms with Crippen molar-refractivity contribution in [3.63, 3.8) is 0 Å². The van der Waals surface area contributed by atoms with E-state index >= 15 is 0 Å². The number of H-pyrrole nitrogens is 1. The lowest BCUT2D eigenvalue weighted by atomic mass is 10.0. The van der Waals surface area contributed by atoms with Gasteiger partial charge in [0.25, 0.3) is 11.5 Å². The third kappa shape index (κ3) is 5.45. The normalized spacial score (nSPS) is 14.7. The smallest absolute Gasteiger partial charge is 0.303 e. The Balaban J connectivity index is 1.54. The number of nitrogens with one attached hydrogen (secondary N) is 2. The molecule has 4 aromatic rings. The van der Waals surface area contributed by atoms with Crippen LogP contribution in [0.4, 0.5) is 18.0 Å². The van der Waals surface area contributed by atoms with Crippen molar-refractivity contribution in [2.75, 3.05) is 0 Å². The average molecular weight is 561 g/mol. The molecule has 3 aromatic carbocycles. The number of benzene rings is 3. The predicted octanol–water partition coefficient (Wildman–Crippen LogP) is 5.79. The van der Waals surface area contributed by atoms with Crippen molar-refractivity contribution in [1.82, 2.24) is 20.0 Å². The van der Waals surface area contributed by atoms with Crippen molar-refractivity contribution < 1.29 is 22.8 Å². The first-order chi connectivity index (χ1) is 19.4. The minimum Gasteiger partial charge on any atom is -0.303 e. The topological polar surface area (TPSA) is 87.2 Å². The van der Waals surface area contributed by atoms with Gasteiger partial charge in [0.15, 0.2) is 0 Å². The van der Waals surface area contributed by atoms with Gasteiger partial charge in [0, 0.05) is 12.1 Å². The molecule has 10 heteroatoms. The van der Waals surface area contributed by atoms with Crippen molar-refractivity contribution in [2.45, 2.75) is 39.9 Å². The Bertz CT molecular complexity index is 1760. The van der Waals surface area contributed by atoms with Gasteiger partial charge in [0.2, 0.25) is 0 Å². The Morgan fingerprint density at radius 2 is 1.59 bits per heavy atom. The molecule has 0 radical (unpaired) electrons. The highest BCUT2D eigenvalue weighted by Crippen LogP contribution is 2.30. The first kappa shape index (κ1) is 27.7. The number of amides is 3. The van der Waals surface area contributed by atoms with E-state index in [0.717, 1.165) is 39.3 Å². The van der Waals surface area contributed by atoms with Crippen molar-refractivity contribution in [2.24, 2.45) is 0 Å². The van der Waals surface area contributed by atoms with Gasteiger partial charge in [-0.05, 0) is 72.9 Å². The minimum absolute atomic E-state index is 0.141. The fraction of sp³-hybridized carbons (Fsp3) is 0.194. The summed E-state index contributed by atoms with van der Waals surface area (Å²) in [4.78, 5) is 40.5. The third-order valence-electron chi connectivity index (χ3n) is 7.30. The number of alkyl halides is 3. The van der Waals surface area contributed by atoms with Crippen molar-refractivity contribution >= 4 is 18.0 Å². The Morgan fingerprint density at radius 1 is 0.878 bits per heavy atom. The Labute approximate surface area is 233 Å². The quantitative estimate of drug-likeness (QED) is 0.231. The van der Waals surface area contributed by atoms with Gasteiger partial charge in [0.1, 0.15) is 5.70 Å². The number of rotatable bonds is 6. The van der Waals surface area contributed by atoms with Gasteiger partial charge in [-0.15, -0.1) is 0 Å². The van der Waals surface area contributed by atoms with Crippen LogP contribution in [0.3, 0.4) is 0 Å². The van der Waals surface area contributed by atoms with Crippen LogP contribution >= 0.6 is 0 Å². The van der Waals surface area contributed by atoms with Gasteiger partial charge in [-0.3, -0.25) is 19.6 Å². The van der Waals surface area contributed by atoms with Crippen LogP contribution in [0.2, 0.25) is 0 Å². The van der Waals surface area contributed by atoms with Crippen LogP contribution < -0.4 is 10.9 Å². The monoisotopic (exact) mass is 560 g/mol. The van der Waals surface area contributed by atoms with E-state index in [9.17, 15) is 27.6 Å². The number of imide groups is 1. The summed E-state index contributed by atoms with van der Waals surface area (Å²) >= 11 is 0. The molecule has 210 valence electrons. The first-order valence-electron chi connectivity index (χ1n) is 12.9. The van der Waals surface area contributed by atoms with E-state index in [4.69, 9.17) is 0 Å². The number of carbonyl (C=O) groups excluding carboxylic acids is 2. The summed E-state index contributed by atoms with van der Waals surface area (Å²) in [6.07, 6.45) is -2.87. The highest BCUT2D eigenvalue weighted by atomic mass is 19.4. The SMILES string of the molecule is Cc1ccccc1Cc1[nH]n(-c2cccc(C)c2C)c(=O)c1/C=C1\NC(=O)N(Cc2cccc(C(F)(F)F)c2)C1=O. The summed E-state index contributed by atoms with van der Waals surface area (Å²) in [5.74, 6) is -0.742. The van der Waals surface area contributed by atoms with Crippen LogP contribution in [0.5, 0.6) is 0 Å². The number of aromatic nitrogens is 2. The lowest BCUT2D eigenvalue weighted by Gasteiger charge is -2.13. The molecule has 5 rings (SSSR count). The van der Waals surface area contributed by atoms with Crippen molar-refractivity contribution in [3.05, 3.63) is 127 Å². The molecule has 0 spiro atoms. The van der Waals surface area contributed by atoms with E-state index in [1.165, 1.54) is 22.9 Å². The lowest BCUT2D eigenvalue weighted by molar-refractivity contribution is -0.137. The number of nitrogens with zero attached hydrogens (tertiary/aromatic N) is 2. The van der Waals surface area contributed by atoms with Crippen LogP contribution in [0.15, 0.2) is 77.2 Å². The van der Waals surface area contributed by atoms with Crippen LogP contribution in [0, 0.1) is 20.8 Å². The summed E-state index contributed by atoms with van der Waals surface area (Å²) in [7, 11) is 0. The van der Waals surface area contributed by atoms with E-state index in [2.05, 4.69) is 10.4 Å². The maximum atomic E-state index is 13.8. The molecule has 0 atom stereocenters. The third-order valence-corrected chi connectivity index (χ3v) is 7.30.